The molecule has 0 spiro atoms. The van der Waals surface area contributed by atoms with Gasteiger partial charge in [0.1, 0.15) is 0 Å². The molecule has 0 aliphatic heterocycles. The topological polar surface area (TPSA) is 76.9 Å². The fraction of sp³-hybridized carbons (Fsp3) is 0.111. The molecule has 0 aliphatic carbocycles. The first-order valence-corrected chi connectivity index (χ1v) is 8.70. The number of sulfonamides is 1. The third kappa shape index (κ3) is 3.18. The van der Waals surface area contributed by atoms with E-state index in [9.17, 15) is 8.42 Å². The van der Waals surface area contributed by atoms with Crippen molar-refractivity contribution in [2.24, 2.45) is 7.05 Å². The highest BCUT2D eigenvalue weighted by molar-refractivity contribution is 9.11. The summed E-state index contributed by atoms with van der Waals surface area (Å²) in [6, 6.07) is 5.18. The Morgan fingerprint density at radius 3 is 2.53 bits per heavy atom. The Kier molecular flexibility index (Phi) is 4.33. The van der Waals surface area contributed by atoms with Gasteiger partial charge in [-0.2, -0.15) is 8.42 Å². The molecule has 19 heavy (non-hydrogen) atoms. The van der Waals surface area contributed by atoms with Gasteiger partial charge in [-0.1, -0.05) is 21.1 Å². The number of rotatable bonds is 3. The molecule has 1 N–H and O–H groups in total. The molecule has 0 aliphatic rings. The number of nitrogens with zero attached hydrogens (tertiary/aromatic N) is 3. The van der Waals surface area contributed by atoms with Crippen molar-refractivity contribution in [2.75, 3.05) is 4.72 Å². The smallest absolute Gasteiger partial charge is 0.277 e. The SMILES string of the molecule is Cn1nnc(Br)c1S(=O)(=O)Nc1cc(Br)ccc1Br. The third-order valence-electron chi connectivity index (χ3n) is 2.16. The van der Waals surface area contributed by atoms with Gasteiger partial charge in [-0.15, -0.1) is 5.10 Å². The van der Waals surface area contributed by atoms with Crippen molar-refractivity contribution < 1.29 is 8.42 Å². The molecule has 102 valence electrons. The van der Waals surface area contributed by atoms with Gasteiger partial charge in [-0.05, 0) is 50.1 Å². The van der Waals surface area contributed by atoms with Crippen LogP contribution in [0.25, 0.3) is 0 Å². The summed E-state index contributed by atoms with van der Waals surface area (Å²) in [5.41, 5.74) is 0.419. The van der Waals surface area contributed by atoms with Crippen molar-refractivity contribution >= 4 is 63.5 Å². The number of aryl methyl sites for hydroxylation is 1. The van der Waals surface area contributed by atoms with Crippen molar-refractivity contribution in [1.29, 1.82) is 0 Å². The first kappa shape index (κ1) is 14.9. The zero-order chi connectivity index (χ0) is 14.2. The maximum atomic E-state index is 12.3. The predicted octanol–water partition coefficient (Wildman–Crippen LogP) is 2.90. The number of halogens is 3. The largest absolute Gasteiger partial charge is 0.281 e. The summed E-state index contributed by atoms with van der Waals surface area (Å²) < 4.78 is 29.8. The summed E-state index contributed by atoms with van der Waals surface area (Å²) in [5.74, 6) is 0. The van der Waals surface area contributed by atoms with Gasteiger partial charge in [0.25, 0.3) is 10.0 Å². The molecule has 2 aromatic rings. The number of anilines is 1. The maximum Gasteiger partial charge on any atom is 0.281 e. The van der Waals surface area contributed by atoms with Crippen molar-refractivity contribution in [3.8, 4) is 0 Å². The van der Waals surface area contributed by atoms with E-state index in [2.05, 4.69) is 62.8 Å². The van der Waals surface area contributed by atoms with Gasteiger partial charge in [0.15, 0.2) is 4.60 Å². The lowest BCUT2D eigenvalue weighted by Crippen LogP contribution is -2.17. The second-order valence-electron chi connectivity index (χ2n) is 3.54. The minimum Gasteiger partial charge on any atom is -0.277 e. The van der Waals surface area contributed by atoms with Crippen LogP contribution in [0.3, 0.4) is 0 Å². The van der Waals surface area contributed by atoms with Crippen LogP contribution in [-0.2, 0) is 17.1 Å². The van der Waals surface area contributed by atoms with E-state index in [1.807, 2.05) is 0 Å². The Bertz CT molecular complexity index is 710. The molecule has 0 fully saturated rings. The molecule has 1 aromatic carbocycles. The maximum absolute atomic E-state index is 12.3. The van der Waals surface area contributed by atoms with Crippen LogP contribution in [-0.4, -0.2) is 23.4 Å². The van der Waals surface area contributed by atoms with Crippen molar-refractivity contribution in [1.82, 2.24) is 15.0 Å². The average molecular weight is 475 g/mol. The number of hydrogen-bond donors (Lipinski definition) is 1. The van der Waals surface area contributed by atoms with E-state index in [-0.39, 0.29) is 9.63 Å². The summed E-state index contributed by atoms with van der Waals surface area (Å²) in [4.78, 5) is 0. The van der Waals surface area contributed by atoms with Crippen LogP contribution in [0.1, 0.15) is 0 Å². The molecule has 0 unspecified atom stereocenters. The molecule has 1 aromatic heterocycles. The molecule has 0 saturated heterocycles. The minimum absolute atomic E-state index is 0.0422. The first-order chi connectivity index (χ1) is 8.81. The zero-order valence-corrected chi connectivity index (χ0v) is 15.0. The highest BCUT2D eigenvalue weighted by atomic mass is 79.9. The molecule has 0 atom stereocenters. The van der Waals surface area contributed by atoms with Crippen molar-refractivity contribution in [3.05, 3.63) is 31.7 Å². The molecular formula is C9H7Br3N4O2S. The van der Waals surface area contributed by atoms with E-state index in [0.717, 1.165) is 4.47 Å². The van der Waals surface area contributed by atoms with Gasteiger partial charge in [0.2, 0.25) is 5.03 Å². The number of nitrogens with one attached hydrogen (secondary N) is 1. The van der Waals surface area contributed by atoms with Gasteiger partial charge in [-0.3, -0.25) is 4.72 Å². The van der Waals surface area contributed by atoms with Crippen LogP contribution in [0.15, 0.2) is 36.8 Å². The quantitative estimate of drug-likeness (QED) is 0.742. The lowest BCUT2D eigenvalue weighted by Gasteiger charge is -2.10. The summed E-state index contributed by atoms with van der Waals surface area (Å²) in [7, 11) is -2.28. The molecule has 0 saturated carbocycles. The normalized spacial score (nSPS) is 11.6. The van der Waals surface area contributed by atoms with E-state index < -0.39 is 10.0 Å². The second kappa shape index (κ2) is 5.51. The predicted molar refractivity (Wildman–Crippen MR) is 81.4 cm³/mol. The summed E-state index contributed by atoms with van der Waals surface area (Å²) in [5, 5.41) is 7.25. The van der Waals surface area contributed by atoms with Gasteiger partial charge >= 0.3 is 0 Å². The number of aromatic nitrogens is 3. The number of hydrogen-bond acceptors (Lipinski definition) is 4. The zero-order valence-electron chi connectivity index (χ0n) is 9.43. The van der Waals surface area contributed by atoms with Gasteiger partial charge < -0.3 is 0 Å². The van der Waals surface area contributed by atoms with Crippen LogP contribution in [0.5, 0.6) is 0 Å². The van der Waals surface area contributed by atoms with Gasteiger partial charge in [0, 0.05) is 16.0 Å². The molecule has 2 rings (SSSR count). The summed E-state index contributed by atoms with van der Waals surface area (Å²) >= 11 is 9.64. The molecule has 0 bridgehead atoms. The van der Waals surface area contributed by atoms with E-state index in [4.69, 9.17) is 0 Å². The average Bonchev–Trinajstić information content (AvgIpc) is 2.64. The lowest BCUT2D eigenvalue weighted by atomic mass is 10.3. The van der Waals surface area contributed by atoms with E-state index in [1.165, 1.54) is 11.7 Å². The molecule has 1 heterocycles. The van der Waals surface area contributed by atoms with E-state index in [1.54, 1.807) is 18.2 Å². The fourth-order valence-corrected chi connectivity index (χ4v) is 4.38. The van der Waals surface area contributed by atoms with Gasteiger partial charge in [0.05, 0.1) is 5.69 Å². The molecule has 10 heteroatoms. The third-order valence-corrected chi connectivity index (χ3v) is 5.60. The van der Waals surface area contributed by atoms with E-state index in [0.29, 0.717) is 10.2 Å². The van der Waals surface area contributed by atoms with Crippen LogP contribution < -0.4 is 4.72 Å². The molecule has 0 amide bonds. The Morgan fingerprint density at radius 1 is 1.26 bits per heavy atom. The van der Waals surface area contributed by atoms with E-state index >= 15 is 0 Å². The Labute approximate surface area is 135 Å². The van der Waals surface area contributed by atoms with Crippen LogP contribution in [0.4, 0.5) is 5.69 Å². The van der Waals surface area contributed by atoms with Crippen LogP contribution in [0, 0.1) is 0 Å². The summed E-state index contributed by atoms with van der Waals surface area (Å²) in [6.07, 6.45) is 0. The highest BCUT2D eigenvalue weighted by Crippen LogP contribution is 2.29. The second-order valence-corrected chi connectivity index (χ2v) is 7.66. The standard InChI is InChI=1S/C9H7Br3N4O2S/c1-16-9(8(12)13-15-16)19(17,18)14-7-4-5(10)2-3-6(7)11/h2-4,14H,1H3. The monoisotopic (exact) mass is 472 g/mol. The van der Waals surface area contributed by atoms with Crippen LogP contribution in [0.2, 0.25) is 0 Å². The lowest BCUT2D eigenvalue weighted by molar-refractivity contribution is 0.578. The van der Waals surface area contributed by atoms with Crippen molar-refractivity contribution in [2.45, 2.75) is 5.03 Å². The van der Waals surface area contributed by atoms with Crippen molar-refractivity contribution in [3.63, 3.8) is 0 Å². The number of benzene rings is 1. The molecule has 6 nitrogen and oxygen atoms in total. The van der Waals surface area contributed by atoms with Crippen LogP contribution >= 0.6 is 47.8 Å². The Balaban J connectivity index is 2.45. The molecular weight excluding hydrogens is 468 g/mol. The Morgan fingerprint density at radius 2 is 1.95 bits per heavy atom. The Hall–Kier alpha value is -0.450. The first-order valence-electron chi connectivity index (χ1n) is 4.84. The highest BCUT2D eigenvalue weighted by Gasteiger charge is 2.24. The molecule has 0 radical (unpaired) electrons. The fourth-order valence-electron chi connectivity index (χ4n) is 1.38. The van der Waals surface area contributed by atoms with Gasteiger partial charge in [-0.25, -0.2) is 4.68 Å². The minimum atomic E-state index is -3.78. The summed E-state index contributed by atoms with van der Waals surface area (Å²) in [6.45, 7) is 0.